The zero-order valence-corrected chi connectivity index (χ0v) is 15.4. The highest BCUT2D eigenvalue weighted by molar-refractivity contribution is 7.92. The number of pyridine rings is 1. The van der Waals surface area contributed by atoms with Crippen LogP contribution in [0, 0.1) is 0 Å². The fraction of sp³-hybridized carbons (Fsp3) is 0.0667. The predicted molar refractivity (Wildman–Crippen MR) is 93.6 cm³/mol. The van der Waals surface area contributed by atoms with E-state index in [1.807, 2.05) is 0 Å². The molecule has 0 bridgehead atoms. The summed E-state index contributed by atoms with van der Waals surface area (Å²) in [6, 6.07) is 6.64. The van der Waals surface area contributed by atoms with Crippen molar-refractivity contribution in [3.63, 3.8) is 0 Å². The van der Waals surface area contributed by atoms with E-state index in [0.29, 0.717) is 17.3 Å². The van der Waals surface area contributed by atoms with Crippen LogP contribution in [-0.4, -0.2) is 23.0 Å². The molecule has 0 saturated heterocycles. The second-order valence-corrected chi connectivity index (χ2v) is 7.72. The van der Waals surface area contributed by atoms with E-state index in [1.54, 1.807) is 12.1 Å². The fourth-order valence-electron chi connectivity index (χ4n) is 2.16. The highest BCUT2D eigenvalue weighted by Gasteiger charge is 2.32. The number of hydrogen-bond donors (Lipinski definition) is 1. The van der Waals surface area contributed by atoms with Crippen LogP contribution in [-0.2, 0) is 16.2 Å². The number of benzene rings is 1. The quantitative estimate of drug-likeness (QED) is 0.657. The van der Waals surface area contributed by atoms with Crippen LogP contribution >= 0.6 is 23.2 Å². The Labute approximate surface area is 161 Å². The SMILES string of the molecule is O=S(=O)(Nc1cccc(Cl)c1)c1cncn1-c1ncc(C(F)(F)F)cc1Cl. The maximum Gasteiger partial charge on any atom is 0.417 e. The Kier molecular flexibility index (Phi) is 5.06. The minimum atomic E-state index is -4.63. The molecule has 6 nitrogen and oxygen atoms in total. The summed E-state index contributed by atoms with van der Waals surface area (Å²) in [5.41, 5.74) is -0.862. The van der Waals surface area contributed by atoms with E-state index in [-0.39, 0.29) is 21.6 Å². The number of alkyl halides is 3. The molecule has 0 fully saturated rings. The van der Waals surface area contributed by atoms with E-state index in [4.69, 9.17) is 23.2 Å². The zero-order valence-electron chi connectivity index (χ0n) is 13.1. The Hall–Kier alpha value is -2.30. The molecule has 0 atom stereocenters. The first-order valence-corrected chi connectivity index (χ1v) is 9.36. The standard InChI is InChI=1S/C15H9Cl2F3N4O2S/c16-10-2-1-3-11(5-10)23-27(25,26)13-7-21-8-24(13)14-12(17)4-9(6-22-14)15(18,19)20/h1-8,23H. The molecule has 0 aliphatic heterocycles. The number of rotatable bonds is 4. The molecular formula is C15H9Cl2F3N4O2S. The average Bonchev–Trinajstić information content (AvgIpc) is 3.04. The number of halogens is 5. The molecule has 0 saturated carbocycles. The summed E-state index contributed by atoms with van der Waals surface area (Å²) in [5.74, 6) is -0.214. The maximum absolute atomic E-state index is 12.8. The lowest BCUT2D eigenvalue weighted by Gasteiger charge is -2.13. The van der Waals surface area contributed by atoms with Crippen molar-refractivity contribution in [1.82, 2.24) is 14.5 Å². The van der Waals surface area contributed by atoms with Crippen LogP contribution in [0.25, 0.3) is 5.82 Å². The van der Waals surface area contributed by atoms with Crippen molar-refractivity contribution in [2.24, 2.45) is 0 Å². The molecule has 0 radical (unpaired) electrons. The van der Waals surface area contributed by atoms with Crippen LogP contribution in [0.3, 0.4) is 0 Å². The number of nitrogens with zero attached hydrogens (tertiary/aromatic N) is 3. The number of imidazole rings is 1. The van der Waals surface area contributed by atoms with E-state index in [2.05, 4.69) is 14.7 Å². The van der Waals surface area contributed by atoms with Crippen molar-refractivity contribution in [2.45, 2.75) is 11.2 Å². The van der Waals surface area contributed by atoms with Gasteiger partial charge in [-0.15, -0.1) is 0 Å². The van der Waals surface area contributed by atoms with E-state index in [9.17, 15) is 21.6 Å². The van der Waals surface area contributed by atoms with E-state index >= 15 is 0 Å². The highest BCUT2D eigenvalue weighted by atomic mass is 35.5. The van der Waals surface area contributed by atoms with E-state index < -0.39 is 21.8 Å². The first-order valence-electron chi connectivity index (χ1n) is 7.12. The summed E-state index contributed by atoms with van der Waals surface area (Å²) in [4.78, 5) is 7.37. The van der Waals surface area contributed by atoms with Crippen LogP contribution in [0.4, 0.5) is 18.9 Å². The van der Waals surface area contributed by atoms with E-state index in [0.717, 1.165) is 17.1 Å². The Morgan fingerprint density at radius 1 is 1.11 bits per heavy atom. The molecule has 12 heteroatoms. The van der Waals surface area contributed by atoms with Gasteiger partial charge < -0.3 is 0 Å². The minimum absolute atomic E-state index is 0.196. The lowest BCUT2D eigenvalue weighted by atomic mass is 10.3. The third-order valence-corrected chi connectivity index (χ3v) is 5.20. The molecule has 1 aromatic carbocycles. The Bertz CT molecular complexity index is 1100. The van der Waals surface area contributed by atoms with Gasteiger partial charge in [-0.25, -0.2) is 9.97 Å². The van der Waals surface area contributed by atoms with Gasteiger partial charge in [0.05, 0.1) is 22.5 Å². The van der Waals surface area contributed by atoms with Crippen molar-refractivity contribution in [2.75, 3.05) is 4.72 Å². The van der Waals surface area contributed by atoms with Gasteiger partial charge in [0, 0.05) is 11.2 Å². The third-order valence-electron chi connectivity index (χ3n) is 3.33. The Morgan fingerprint density at radius 2 is 1.85 bits per heavy atom. The van der Waals surface area contributed by atoms with Crippen LogP contribution in [0.5, 0.6) is 0 Å². The number of sulfonamides is 1. The third kappa shape index (κ3) is 4.18. The first-order chi connectivity index (χ1) is 12.6. The summed E-state index contributed by atoms with van der Waals surface area (Å²) in [6.45, 7) is 0. The molecule has 0 amide bonds. The molecule has 0 aliphatic carbocycles. The van der Waals surface area contributed by atoms with Gasteiger partial charge in [0.15, 0.2) is 10.8 Å². The van der Waals surface area contributed by atoms with Crippen LogP contribution in [0.1, 0.15) is 5.56 Å². The van der Waals surface area contributed by atoms with Crippen molar-refractivity contribution in [1.29, 1.82) is 0 Å². The molecule has 3 rings (SSSR count). The lowest BCUT2D eigenvalue weighted by Crippen LogP contribution is -2.17. The Morgan fingerprint density at radius 3 is 2.48 bits per heavy atom. The highest BCUT2D eigenvalue weighted by Crippen LogP contribution is 2.32. The van der Waals surface area contributed by atoms with Crippen LogP contribution in [0.15, 0.2) is 54.1 Å². The second-order valence-electron chi connectivity index (χ2n) is 5.24. The number of anilines is 1. The molecule has 2 heterocycles. The summed E-state index contributed by atoms with van der Waals surface area (Å²) in [6.07, 6.45) is -1.98. The van der Waals surface area contributed by atoms with Gasteiger partial charge >= 0.3 is 6.18 Å². The molecule has 27 heavy (non-hydrogen) atoms. The molecule has 0 aliphatic rings. The molecule has 3 aromatic rings. The predicted octanol–water partition coefficient (Wildman–Crippen LogP) is 4.39. The van der Waals surface area contributed by atoms with Gasteiger partial charge in [-0.2, -0.15) is 21.6 Å². The molecule has 0 unspecified atom stereocenters. The van der Waals surface area contributed by atoms with Crippen molar-refractivity contribution >= 4 is 38.9 Å². The number of nitrogens with one attached hydrogen (secondary N) is 1. The smallest absolute Gasteiger partial charge is 0.278 e. The van der Waals surface area contributed by atoms with Crippen molar-refractivity contribution in [3.8, 4) is 5.82 Å². The normalized spacial score (nSPS) is 12.2. The van der Waals surface area contributed by atoms with Gasteiger partial charge in [0.1, 0.15) is 6.33 Å². The zero-order chi connectivity index (χ0) is 19.8. The van der Waals surface area contributed by atoms with Gasteiger partial charge in [0.25, 0.3) is 10.0 Å². The molecule has 2 aromatic heterocycles. The molecular weight excluding hydrogens is 428 g/mol. The average molecular weight is 437 g/mol. The summed E-state index contributed by atoms with van der Waals surface area (Å²) < 4.78 is 66.8. The molecule has 142 valence electrons. The summed E-state index contributed by atoms with van der Waals surface area (Å²) in [7, 11) is -4.15. The lowest BCUT2D eigenvalue weighted by molar-refractivity contribution is -0.137. The van der Waals surface area contributed by atoms with Crippen molar-refractivity contribution in [3.05, 3.63) is 64.7 Å². The molecule has 0 spiro atoms. The molecule has 1 N–H and O–H groups in total. The topological polar surface area (TPSA) is 76.9 Å². The fourth-order valence-corrected chi connectivity index (χ4v) is 3.74. The van der Waals surface area contributed by atoms with Crippen LogP contribution in [0.2, 0.25) is 10.0 Å². The summed E-state index contributed by atoms with van der Waals surface area (Å²) >= 11 is 11.7. The van der Waals surface area contributed by atoms with Gasteiger partial charge in [-0.3, -0.25) is 9.29 Å². The van der Waals surface area contributed by atoms with Gasteiger partial charge in [-0.05, 0) is 24.3 Å². The number of aromatic nitrogens is 3. The maximum atomic E-state index is 12.8. The minimum Gasteiger partial charge on any atom is -0.278 e. The Balaban J connectivity index is 2.01. The van der Waals surface area contributed by atoms with Crippen molar-refractivity contribution < 1.29 is 21.6 Å². The number of hydrogen-bond acceptors (Lipinski definition) is 4. The van der Waals surface area contributed by atoms with Gasteiger partial charge in [-0.1, -0.05) is 29.3 Å². The monoisotopic (exact) mass is 436 g/mol. The second kappa shape index (κ2) is 7.02. The summed E-state index contributed by atoms with van der Waals surface area (Å²) in [5, 5.41) is -0.435. The van der Waals surface area contributed by atoms with Crippen LogP contribution < -0.4 is 4.72 Å². The largest absolute Gasteiger partial charge is 0.417 e. The first kappa shape index (κ1) is 19.5. The van der Waals surface area contributed by atoms with E-state index in [1.165, 1.54) is 12.1 Å². The van der Waals surface area contributed by atoms with Gasteiger partial charge in [0.2, 0.25) is 0 Å².